The number of ether oxygens (including phenoxy) is 1. The monoisotopic (exact) mass is 439 g/mol. The average molecular weight is 439 g/mol. The molecule has 0 fully saturated rings. The summed E-state index contributed by atoms with van der Waals surface area (Å²) in [5, 5.41) is 14.6. The minimum absolute atomic E-state index is 0.0395. The number of nitrogens with one attached hydrogen (secondary N) is 3. The molecular formula is C19H17F4N5O3. The number of anilines is 3. The molecule has 0 aliphatic heterocycles. The van der Waals surface area contributed by atoms with E-state index in [-0.39, 0.29) is 29.7 Å². The van der Waals surface area contributed by atoms with E-state index in [1.54, 1.807) is 6.92 Å². The Labute approximate surface area is 172 Å². The van der Waals surface area contributed by atoms with Crippen LogP contribution in [0.1, 0.15) is 6.92 Å². The van der Waals surface area contributed by atoms with Crippen molar-refractivity contribution < 1.29 is 27.4 Å². The molecule has 0 amide bonds. The van der Waals surface area contributed by atoms with Crippen LogP contribution in [-0.4, -0.2) is 39.1 Å². The first kappa shape index (κ1) is 22.0. The van der Waals surface area contributed by atoms with E-state index in [9.17, 15) is 27.5 Å². The minimum atomic E-state index is -4.80. The van der Waals surface area contributed by atoms with Crippen molar-refractivity contribution in [3.63, 3.8) is 0 Å². The maximum Gasteiger partial charge on any atom is 0.573 e. The molecule has 2 heterocycles. The van der Waals surface area contributed by atoms with E-state index in [1.165, 1.54) is 24.4 Å². The molecule has 3 rings (SSSR count). The first-order valence-electron chi connectivity index (χ1n) is 8.91. The van der Waals surface area contributed by atoms with E-state index in [0.29, 0.717) is 11.1 Å². The molecule has 0 bridgehead atoms. The smallest absolute Gasteiger partial charge is 0.406 e. The van der Waals surface area contributed by atoms with E-state index >= 15 is 0 Å². The quantitative estimate of drug-likeness (QED) is 0.418. The first-order valence-corrected chi connectivity index (χ1v) is 8.91. The maximum absolute atomic E-state index is 14.1. The van der Waals surface area contributed by atoms with Gasteiger partial charge in [-0.05, 0) is 30.7 Å². The van der Waals surface area contributed by atoms with Crippen LogP contribution in [0.4, 0.5) is 35.0 Å². The highest BCUT2D eigenvalue weighted by atomic mass is 19.4. The highest BCUT2D eigenvalue weighted by Gasteiger charge is 2.31. The molecule has 2 aromatic heterocycles. The highest BCUT2D eigenvalue weighted by Crippen LogP contribution is 2.27. The van der Waals surface area contributed by atoms with Crippen molar-refractivity contribution in [3.05, 3.63) is 58.9 Å². The van der Waals surface area contributed by atoms with E-state index in [0.717, 1.165) is 18.3 Å². The maximum atomic E-state index is 14.1. The molecule has 0 saturated carbocycles. The van der Waals surface area contributed by atoms with E-state index in [1.807, 2.05) is 0 Å². The molecule has 12 heteroatoms. The molecular weight excluding hydrogens is 422 g/mol. The molecule has 0 saturated heterocycles. The van der Waals surface area contributed by atoms with Gasteiger partial charge in [0.1, 0.15) is 11.4 Å². The first-order chi connectivity index (χ1) is 14.6. The third-order valence-electron chi connectivity index (χ3n) is 3.88. The van der Waals surface area contributed by atoms with Crippen LogP contribution in [0.15, 0.2) is 47.5 Å². The summed E-state index contributed by atoms with van der Waals surface area (Å²) in [6, 6.07) is 6.41. The van der Waals surface area contributed by atoms with Crippen LogP contribution >= 0.6 is 0 Å². The fourth-order valence-corrected chi connectivity index (χ4v) is 2.50. The van der Waals surface area contributed by atoms with Crippen LogP contribution in [0.2, 0.25) is 0 Å². The number of alkyl halides is 3. The molecule has 0 radical (unpaired) electrons. The van der Waals surface area contributed by atoms with Crippen LogP contribution in [-0.2, 0) is 0 Å². The van der Waals surface area contributed by atoms with Gasteiger partial charge in [0.15, 0.2) is 11.6 Å². The molecule has 0 spiro atoms. The lowest BCUT2D eigenvalue weighted by Crippen LogP contribution is -2.18. The standard InChI is InChI=1S/C19H17F4N5O3/c1-10(29)7-25-18-26-9-14(20)16(28-18)27-15-6-12(8-24-17(15)30)11-2-4-13(5-3-11)31-19(21,22)23/h2-6,8-10,29H,7H2,1H3,(H,24,30)(H2,25,26,27,28)/t10-/m1/s1. The zero-order valence-corrected chi connectivity index (χ0v) is 16.0. The highest BCUT2D eigenvalue weighted by molar-refractivity contribution is 5.69. The number of benzene rings is 1. The summed E-state index contributed by atoms with van der Waals surface area (Å²) in [6.45, 7) is 1.68. The summed E-state index contributed by atoms with van der Waals surface area (Å²) < 4.78 is 54.8. The Bertz CT molecular complexity index is 1100. The van der Waals surface area contributed by atoms with Gasteiger partial charge in [0, 0.05) is 18.3 Å². The van der Waals surface area contributed by atoms with Crippen LogP contribution in [0.25, 0.3) is 11.1 Å². The summed E-state index contributed by atoms with van der Waals surface area (Å²) in [6.07, 6.45) is -3.23. The summed E-state index contributed by atoms with van der Waals surface area (Å²) in [5.74, 6) is -1.45. The van der Waals surface area contributed by atoms with E-state index in [2.05, 4.69) is 30.3 Å². The predicted molar refractivity (Wildman–Crippen MR) is 105 cm³/mol. The van der Waals surface area contributed by atoms with Crippen molar-refractivity contribution in [2.45, 2.75) is 19.4 Å². The summed E-state index contributed by atoms with van der Waals surface area (Å²) in [4.78, 5) is 22.3. The number of hydrogen-bond donors (Lipinski definition) is 4. The average Bonchev–Trinajstić information content (AvgIpc) is 2.69. The van der Waals surface area contributed by atoms with Crippen molar-refractivity contribution in [2.75, 3.05) is 17.2 Å². The Hall–Kier alpha value is -3.67. The lowest BCUT2D eigenvalue weighted by atomic mass is 10.1. The lowest BCUT2D eigenvalue weighted by Gasteiger charge is -2.11. The third-order valence-corrected chi connectivity index (χ3v) is 3.88. The Morgan fingerprint density at radius 2 is 1.94 bits per heavy atom. The number of H-pyrrole nitrogens is 1. The molecule has 3 aromatic rings. The van der Waals surface area contributed by atoms with Crippen molar-refractivity contribution >= 4 is 17.5 Å². The second-order valence-corrected chi connectivity index (χ2v) is 6.45. The number of aliphatic hydroxyl groups excluding tert-OH is 1. The number of pyridine rings is 1. The topological polar surface area (TPSA) is 112 Å². The number of aromatic amines is 1. The summed E-state index contributed by atoms with van der Waals surface area (Å²) in [7, 11) is 0. The second kappa shape index (κ2) is 9.00. The van der Waals surface area contributed by atoms with E-state index in [4.69, 9.17) is 0 Å². The summed E-state index contributed by atoms with van der Waals surface area (Å²) >= 11 is 0. The molecule has 0 aliphatic rings. The van der Waals surface area contributed by atoms with Crippen molar-refractivity contribution in [2.24, 2.45) is 0 Å². The number of halogens is 4. The van der Waals surface area contributed by atoms with Crippen LogP contribution in [0.3, 0.4) is 0 Å². The van der Waals surface area contributed by atoms with Gasteiger partial charge in [0.05, 0.1) is 12.3 Å². The van der Waals surface area contributed by atoms with Gasteiger partial charge in [-0.3, -0.25) is 4.79 Å². The van der Waals surface area contributed by atoms with Crippen LogP contribution in [0.5, 0.6) is 5.75 Å². The number of rotatable bonds is 7. The van der Waals surface area contributed by atoms with Gasteiger partial charge < -0.3 is 25.5 Å². The molecule has 164 valence electrons. The number of nitrogens with zero attached hydrogens (tertiary/aromatic N) is 2. The zero-order valence-electron chi connectivity index (χ0n) is 16.0. The van der Waals surface area contributed by atoms with Crippen molar-refractivity contribution in [1.29, 1.82) is 0 Å². The molecule has 0 unspecified atom stereocenters. The second-order valence-electron chi connectivity index (χ2n) is 6.45. The Balaban J connectivity index is 1.84. The van der Waals surface area contributed by atoms with Gasteiger partial charge in [-0.1, -0.05) is 12.1 Å². The fourth-order valence-electron chi connectivity index (χ4n) is 2.50. The van der Waals surface area contributed by atoms with Crippen molar-refractivity contribution in [1.82, 2.24) is 15.0 Å². The predicted octanol–water partition coefficient (Wildman–Crippen LogP) is 3.41. The van der Waals surface area contributed by atoms with E-state index < -0.39 is 23.8 Å². The number of aromatic nitrogens is 3. The van der Waals surface area contributed by atoms with Gasteiger partial charge in [-0.2, -0.15) is 4.98 Å². The molecule has 8 nitrogen and oxygen atoms in total. The van der Waals surface area contributed by atoms with Gasteiger partial charge in [0.2, 0.25) is 5.95 Å². The molecule has 31 heavy (non-hydrogen) atoms. The van der Waals surface area contributed by atoms with Crippen molar-refractivity contribution in [3.8, 4) is 16.9 Å². The number of hydrogen-bond acceptors (Lipinski definition) is 7. The Morgan fingerprint density at radius 1 is 1.23 bits per heavy atom. The van der Waals surface area contributed by atoms with Gasteiger partial charge in [-0.15, -0.1) is 13.2 Å². The Kier molecular flexibility index (Phi) is 6.39. The fraction of sp³-hybridized carbons (Fsp3) is 0.211. The molecule has 4 N–H and O–H groups in total. The van der Waals surface area contributed by atoms with Crippen LogP contribution < -0.4 is 20.9 Å². The minimum Gasteiger partial charge on any atom is -0.406 e. The summed E-state index contributed by atoms with van der Waals surface area (Å²) in [5.41, 5.74) is 0.309. The lowest BCUT2D eigenvalue weighted by molar-refractivity contribution is -0.274. The molecule has 1 aromatic carbocycles. The normalized spacial score (nSPS) is 12.3. The van der Waals surface area contributed by atoms with Gasteiger partial charge in [0.25, 0.3) is 5.56 Å². The van der Waals surface area contributed by atoms with Crippen LogP contribution in [0, 0.1) is 5.82 Å². The zero-order chi connectivity index (χ0) is 22.6. The SMILES string of the molecule is C[C@@H](O)CNc1ncc(F)c(Nc2cc(-c3ccc(OC(F)(F)F)cc3)c[nH]c2=O)n1. The van der Waals surface area contributed by atoms with Gasteiger partial charge in [-0.25, -0.2) is 9.37 Å². The molecule has 1 atom stereocenters. The molecule has 0 aliphatic carbocycles. The Morgan fingerprint density at radius 3 is 2.58 bits per heavy atom. The van der Waals surface area contributed by atoms with Gasteiger partial charge >= 0.3 is 6.36 Å². The largest absolute Gasteiger partial charge is 0.573 e. The third kappa shape index (κ3) is 6.15. The number of aliphatic hydroxyl groups is 1.